The van der Waals surface area contributed by atoms with Crippen molar-refractivity contribution in [1.29, 1.82) is 0 Å². The largest absolute Gasteiger partial charge is 0.465 e. The predicted molar refractivity (Wildman–Crippen MR) is 106 cm³/mol. The van der Waals surface area contributed by atoms with E-state index in [2.05, 4.69) is 10.4 Å². The molecule has 3 rings (SSSR count). The molecule has 1 N–H and O–H groups in total. The molecule has 0 unspecified atom stereocenters. The second-order valence-electron chi connectivity index (χ2n) is 6.06. The normalized spacial score (nSPS) is 10.3. The van der Waals surface area contributed by atoms with E-state index >= 15 is 0 Å². The number of anilines is 1. The van der Waals surface area contributed by atoms with Crippen molar-refractivity contribution in [2.24, 2.45) is 0 Å². The number of hydrogen-bond donors (Lipinski definition) is 1. The van der Waals surface area contributed by atoms with Crippen LogP contribution in [-0.4, -0.2) is 41.8 Å². The Kier molecular flexibility index (Phi) is 5.73. The van der Waals surface area contributed by atoms with Gasteiger partial charge in [-0.25, -0.2) is 14.3 Å². The first-order valence-corrected chi connectivity index (χ1v) is 8.69. The number of carbonyl (C=O) groups is 3. The van der Waals surface area contributed by atoms with Crippen LogP contribution in [0.5, 0.6) is 0 Å². The minimum atomic E-state index is -0.720. The summed E-state index contributed by atoms with van der Waals surface area (Å²) in [6.45, 7) is 1.41. The average Bonchev–Trinajstić information content (AvgIpc) is 3.14. The lowest BCUT2D eigenvalue weighted by Crippen LogP contribution is -2.15. The number of esters is 2. The van der Waals surface area contributed by atoms with Crippen molar-refractivity contribution in [2.45, 2.75) is 6.92 Å². The van der Waals surface area contributed by atoms with E-state index in [9.17, 15) is 14.4 Å². The fraction of sp³-hybridized carbons (Fsp3) is 0.143. The van der Waals surface area contributed by atoms with Crippen molar-refractivity contribution in [2.75, 3.05) is 19.5 Å². The molecule has 1 aromatic heterocycles. The molecule has 0 aliphatic heterocycles. The Morgan fingerprint density at radius 2 is 1.52 bits per heavy atom. The van der Waals surface area contributed by atoms with Crippen LogP contribution in [-0.2, 0) is 14.3 Å². The van der Waals surface area contributed by atoms with Crippen molar-refractivity contribution in [3.05, 3.63) is 65.9 Å². The fourth-order valence-electron chi connectivity index (χ4n) is 2.87. The standard InChI is InChI=1S/C21H19N3O5/c1-13(25)22-15-11-9-14(10-12-15)18-17(20(26)28-2)19(21(27)29-3)24(23-18)16-7-5-4-6-8-16/h4-12H,1-3H3,(H,22,25). The van der Waals surface area contributed by atoms with Gasteiger partial charge in [-0.15, -0.1) is 0 Å². The van der Waals surface area contributed by atoms with Gasteiger partial charge in [0.2, 0.25) is 5.91 Å². The topological polar surface area (TPSA) is 99.5 Å². The number of hydrogen-bond acceptors (Lipinski definition) is 6. The van der Waals surface area contributed by atoms with Gasteiger partial charge in [-0.3, -0.25) is 4.79 Å². The maximum atomic E-state index is 12.6. The highest BCUT2D eigenvalue weighted by atomic mass is 16.5. The Balaban J connectivity index is 2.23. The number of amides is 1. The molecule has 1 heterocycles. The molecule has 0 saturated heterocycles. The Labute approximate surface area is 167 Å². The van der Waals surface area contributed by atoms with Gasteiger partial charge in [-0.05, 0) is 24.3 Å². The molecule has 2 aromatic carbocycles. The Bertz CT molecular complexity index is 1060. The van der Waals surface area contributed by atoms with Gasteiger partial charge < -0.3 is 14.8 Å². The summed E-state index contributed by atoms with van der Waals surface area (Å²) in [7, 11) is 2.46. The van der Waals surface area contributed by atoms with Crippen LogP contribution in [0.1, 0.15) is 27.8 Å². The molecule has 0 saturated carbocycles. The molecule has 29 heavy (non-hydrogen) atoms. The van der Waals surface area contributed by atoms with Gasteiger partial charge in [0.15, 0.2) is 5.69 Å². The van der Waals surface area contributed by atoms with E-state index in [-0.39, 0.29) is 22.9 Å². The minimum Gasteiger partial charge on any atom is -0.465 e. The van der Waals surface area contributed by atoms with Gasteiger partial charge in [-0.2, -0.15) is 5.10 Å². The lowest BCUT2D eigenvalue weighted by molar-refractivity contribution is -0.114. The van der Waals surface area contributed by atoms with E-state index < -0.39 is 11.9 Å². The third-order valence-corrected chi connectivity index (χ3v) is 4.13. The summed E-state index contributed by atoms with van der Waals surface area (Å²) in [5.41, 5.74) is 1.97. The highest BCUT2D eigenvalue weighted by molar-refractivity contribution is 6.07. The van der Waals surface area contributed by atoms with Crippen LogP contribution in [0.15, 0.2) is 54.6 Å². The van der Waals surface area contributed by atoms with Crippen molar-refractivity contribution in [1.82, 2.24) is 9.78 Å². The zero-order valence-corrected chi connectivity index (χ0v) is 16.1. The molecule has 0 atom stereocenters. The molecular weight excluding hydrogens is 374 g/mol. The van der Waals surface area contributed by atoms with Crippen molar-refractivity contribution >= 4 is 23.5 Å². The number of carbonyl (C=O) groups excluding carboxylic acids is 3. The fourth-order valence-corrected chi connectivity index (χ4v) is 2.87. The number of para-hydroxylation sites is 1. The van der Waals surface area contributed by atoms with Crippen LogP contribution >= 0.6 is 0 Å². The molecule has 148 valence electrons. The van der Waals surface area contributed by atoms with Crippen molar-refractivity contribution < 1.29 is 23.9 Å². The first-order valence-electron chi connectivity index (χ1n) is 8.69. The molecule has 0 aliphatic carbocycles. The number of rotatable bonds is 5. The SMILES string of the molecule is COC(=O)c1c(-c2ccc(NC(C)=O)cc2)nn(-c2ccccc2)c1C(=O)OC. The Hall–Kier alpha value is -3.94. The molecule has 1 amide bonds. The minimum absolute atomic E-state index is 0.00419. The highest BCUT2D eigenvalue weighted by Crippen LogP contribution is 2.30. The Morgan fingerprint density at radius 3 is 2.07 bits per heavy atom. The van der Waals surface area contributed by atoms with Crippen LogP contribution in [0.4, 0.5) is 5.69 Å². The number of methoxy groups -OCH3 is 2. The van der Waals surface area contributed by atoms with Crippen LogP contribution in [0, 0.1) is 0 Å². The molecule has 0 aliphatic rings. The summed E-state index contributed by atoms with van der Waals surface area (Å²) in [4.78, 5) is 36.3. The van der Waals surface area contributed by atoms with E-state index in [1.54, 1.807) is 48.5 Å². The van der Waals surface area contributed by atoms with Gasteiger partial charge >= 0.3 is 11.9 Å². The van der Waals surface area contributed by atoms with Crippen LogP contribution in [0.25, 0.3) is 16.9 Å². The number of nitrogens with one attached hydrogen (secondary N) is 1. The summed E-state index contributed by atoms with van der Waals surface area (Å²) < 4.78 is 11.1. The summed E-state index contributed by atoms with van der Waals surface area (Å²) >= 11 is 0. The third-order valence-electron chi connectivity index (χ3n) is 4.13. The molecule has 0 radical (unpaired) electrons. The lowest BCUT2D eigenvalue weighted by atomic mass is 10.1. The van der Waals surface area contributed by atoms with Gasteiger partial charge in [0.25, 0.3) is 0 Å². The van der Waals surface area contributed by atoms with Gasteiger partial charge in [0.1, 0.15) is 11.3 Å². The number of benzene rings is 2. The van der Waals surface area contributed by atoms with Crippen molar-refractivity contribution in [3.63, 3.8) is 0 Å². The second-order valence-corrected chi connectivity index (χ2v) is 6.06. The molecule has 8 heteroatoms. The molecule has 3 aromatic rings. The smallest absolute Gasteiger partial charge is 0.357 e. The van der Waals surface area contributed by atoms with Crippen LogP contribution in [0.3, 0.4) is 0 Å². The molecular formula is C21H19N3O5. The summed E-state index contributed by atoms with van der Waals surface area (Å²) in [6, 6.07) is 15.7. The molecule has 0 bridgehead atoms. The zero-order chi connectivity index (χ0) is 21.0. The molecule has 8 nitrogen and oxygen atoms in total. The molecule has 0 fully saturated rings. The van der Waals surface area contributed by atoms with E-state index in [1.807, 2.05) is 6.07 Å². The number of aromatic nitrogens is 2. The van der Waals surface area contributed by atoms with Gasteiger partial charge in [0.05, 0.1) is 19.9 Å². The maximum absolute atomic E-state index is 12.6. The van der Waals surface area contributed by atoms with Gasteiger partial charge in [-0.1, -0.05) is 30.3 Å². The van der Waals surface area contributed by atoms with E-state index in [1.165, 1.54) is 25.8 Å². The third kappa shape index (κ3) is 4.01. The lowest BCUT2D eigenvalue weighted by Gasteiger charge is -2.07. The zero-order valence-electron chi connectivity index (χ0n) is 16.1. The number of nitrogens with zero attached hydrogens (tertiary/aromatic N) is 2. The van der Waals surface area contributed by atoms with E-state index in [0.29, 0.717) is 16.9 Å². The van der Waals surface area contributed by atoms with E-state index in [0.717, 1.165) is 0 Å². The summed E-state index contributed by atoms with van der Waals surface area (Å²) in [6.07, 6.45) is 0. The summed E-state index contributed by atoms with van der Waals surface area (Å²) in [5, 5.41) is 7.18. The predicted octanol–water partition coefficient (Wildman–Crippen LogP) is 3.07. The quantitative estimate of drug-likeness (QED) is 0.669. The molecule has 0 spiro atoms. The van der Waals surface area contributed by atoms with Crippen molar-refractivity contribution in [3.8, 4) is 16.9 Å². The van der Waals surface area contributed by atoms with Crippen LogP contribution in [0.2, 0.25) is 0 Å². The average molecular weight is 393 g/mol. The first-order chi connectivity index (χ1) is 14.0. The maximum Gasteiger partial charge on any atom is 0.357 e. The Morgan fingerprint density at radius 1 is 0.897 bits per heavy atom. The summed E-state index contributed by atoms with van der Waals surface area (Å²) in [5.74, 6) is -1.63. The van der Waals surface area contributed by atoms with Gasteiger partial charge in [0, 0.05) is 18.2 Å². The number of ether oxygens (including phenoxy) is 2. The first kappa shape index (κ1) is 19.8. The highest BCUT2D eigenvalue weighted by Gasteiger charge is 2.31. The second kappa shape index (κ2) is 8.39. The van der Waals surface area contributed by atoms with Crippen LogP contribution < -0.4 is 5.32 Å². The monoisotopic (exact) mass is 393 g/mol. The van der Waals surface area contributed by atoms with E-state index in [4.69, 9.17) is 9.47 Å².